The van der Waals surface area contributed by atoms with Crippen molar-refractivity contribution >= 4 is 12.2 Å². The lowest BCUT2D eigenvalue weighted by molar-refractivity contribution is -0.132. The number of hydrogen-bond donors (Lipinski definition) is 2. The fraction of sp³-hybridized carbons (Fsp3) is 0.429. The Balaban J connectivity index is 2.49. The first kappa shape index (κ1) is 7.78. The number of nitrogens with zero attached hydrogens (tertiary/aromatic N) is 1. The van der Waals surface area contributed by atoms with E-state index in [4.69, 9.17) is 10.2 Å². The highest BCUT2D eigenvalue weighted by Crippen LogP contribution is 2.22. The van der Waals surface area contributed by atoms with Crippen LogP contribution in [0.25, 0.3) is 0 Å². The molecular formula is C7H9NO3. The summed E-state index contributed by atoms with van der Waals surface area (Å²) in [6.45, 7) is 0. The predicted molar refractivity (Wildman–Crippen MR) is 39.9 cm³/mol. The second-order valence-corrected chi connectivity index (χ2v) is 2.40. The number of aliphatic carboxylic acids is 1. The van der Waals surface area contributed by atoms with E-state index in [1.807, 2.05) is 0 Å². The largest absolute Gasteiger partial charge is 0.515 e. The van der Waals surface area contributed by atoms with Crippen molar-refractivity contribution in [1.29, 1.82) is 0 Å². The summed E-state index contributed by atoms with van der Waals surface area (Å²) < 4.78 is 0. The number of aliphatic hydroxyl groups is 1. The summed E-state index contributed by atoms with van der Waals surface area (Å²) in [6.07, 6.45) is 3.79. The Kier molecular flexibility index (Phi) is 2.25. The van der Waals surface area contributed by atoms with E-state index in [0.717, 1.165) is 12.8 Å². The van der Waals surface area contributed by atoms with Crippen molar-refractivity contribution in [2.75, 3.05) is 0 Å². The molecule has 0 atom stereocenters. The maximum atomic E-state index is 10.2. The molecule has 1 fully saturated rings. The molecule has 0 saturated heterocycles. The van der Waals surface area contributed by atoms with Gasteiger partial charge in [0.25, 0.3) is 0 Å². The fourth-order valence-electron chi connectivity index (χ4n) is 0.553. The molecule has 0 amide bonds. The molecule has 1 saturated carbocycles. The molecule has 0 radical (unpaired) electrons. The quantitative estimate of drug-likeness (QED) is 0.359. The number of carboxylic acid groups (broad SMARTS) is 1. The molecule has 4 nitrogen and oxygen atoms in total. The first-order chi connectivity index (χ1) is 5.24. The fourth-order valence-corrected chi connectivity index (χ4v) is 0.553. The Hall–Kier alpha value is -1.32. The van der Waals surface area contributed by atoms with Crippen LogP contribution in [0.1, 0.15) is 12.8 Å². The lowest BCUT2D eigenvalue weighted by Gasteiger charge is -1.89. The zero-order valence-corrected chi connectivity index (χ0v) is 5.90. The van der Waals surface area contributed by atoms with E-state index in [-0.39, 0.29) is 11.6 Å². The first-order valence-electron chi connectivity index (χ1n) is 3.35. The van der Waals surface area contributed by atoms with Gasteiger partial charge in [-0.1, -0.05) is 0 Å². The SMILES string of the molecule is O=C(O)C(C=NC1CC1)=CO. The molecule has 0 heterocycles. The highest BCUT2D eigenvalue weighted by Gasteiger charge is 2.19. The molecule has 0 bridgehead atoms. The number of aliphatic hydroxyl groups excluding tert-OH is 1. The summed E-state index contributed by atoms with van der Waals surface area (Å²) in [5, 5.41) is 16.8. The van der Waals surface area contributed by atoms with Crippen LogP contribution in [-0.4, -0.2) is 28.4 Å². The van der Waals surface area contributed by atoms with Gasteiger partial charge in [-0.05, 0) is 12.8 Å². The third-order valence-corrected chi connectivity index (χ3v) is 1.36. The van der Waals surface area contributed by atoms with Crippen LogP contribution in [0.4, 0.5) is 0 Å². The van der Waals surface area contributed by atoms with Crippen LogP contribution in [0.5, 0.6) is 0 Å². The van der Waals surface area contributed by atoms with Crippen LogP contribution in [0, 0.1) is 0 Å². The van der Waals surface area contributed by atoms with Crippen molar-refractivity contribution in [2.24, 2.45) is 4.99 Å². The monoisotopic (exact) mass is 155 g/mol. The summed E-state index contributed by atoms with van der Waals surface area (Å²) in [7, 11) is 0. The minimum Gasteiger partial charge on any atom is -0.515 e. The Morgan fingerprint density at radius 2 is 2.18 bits per heavy atom. The van der Waals surface area contributed by atoms with Crippen LogP contribution in [0.2, 0.25) is 0 Å². The van der Waals surface area contributed by atoms with Gasteiger partial charge < -0.3 is 10.2 Å². The zero-order chi connectivity index (χ0) is 8.27. The maximum absolute atomic E-state index is 10.2. The van der Waals surface area contributed by atoms with Crippen LogP contribution < -0.4 is 0 Å². The molecule has 0 aromatic heterocycles. The molecule has 11 heavy (non-hydrogen) atoms. The lowest BCUT2D eigenvalue weighted by atomic mass is 10.3. The number of aliphatic imine (C=N–C) groups is 1. The Morgan fingerprint density at radius 1 is 1.55 bits per heavy atom. The summed E-state index contributed by atoms with van der Waals surface area (Å²) in [5.74, 6) is -1.16. The second kappa shape index (κ2) is 3.18. The summed E-state index contributed by atoms with van der Waals surface area (Å²) >= 11 is 0. The second-order valence-electron chi connectivity index (χ2n) is 2.40. The van der Waals surface area contributed by atoms with Crippen molar-refractivity contribution in [3.8, 4) is 0 Å². The number of carbonyl (C=O) groups is 1. The highest BCUT2D eigenvalue weighted by molar-refractivity contribution is 6.08. The van der Waals surface area contributed by atoms with E-state index in [9.17, 15) is 4.79 Å². The van der Waals surface area contributed by atoms with Crippen molar-refractivity contribution in [3.05, 3.63) is 11.8 Å². The highest BCUT2D eigenvalue weighted by atomic mass is 16.4. The first-order valence-corrected chi connectivity index (χ1v) is 3.35. The average Bonchev–Trinajstić information content (AvgIpc) is 2.72. The normalized spacial score (nSPS) is 19.1. The molecule has 0 aromatic rings. The van der Waals surface area contributed by atoms with Gasteiger partial charge in [0.05, 0.1) is 12.3 Å². The van der Waals surface area contributed by atoms with Crippen LogP contribution in [0.15, 0.2) is 16.8 Å². The van der Waals surface area contributed by atoms with Gasteiger partial charge in [-0.2, -0.15) is 0 Å². The Morgan fingerprint density at radius 3 is 2.55 bits per heavy atom. The number of carboxylic acids is 1. The molecule has 0 aromatic carbocycles. The van der Waals surface area contributed by atoms with Gasteiger partial charge in [-0.15, -0.1) is 0 Å². The zero-order valence-electron chi connectivity index (χ0n) is 5.90. The summed E-state index contributed by atoms with van der Waals surface area (Å²) in [5.41, 5.74) is -0.170. The van der Waals surface area contributed by atoms with Crippen LogP contribution >= 0.6 is 0 Å². The molecule has 60 valence electrons. The summed E-state index contributed by atoms with van der Waals surface area (Å²) in [4.78, 5) is 14.1. The number of rotatable bonds is 3. The maximum Gasteiger partial charge on any atom is 0.340 e. The molecule has 2 N–H and O–H groups in total. The minimum absolute atomic E-state index is 0.170. The van der Waals surface area contributed by atoms with E-state index in [1.54, 1.807) is 0 Å². The van der Waals surface area contributed by atoms with E-state index >= 15 is 0 Å². The molecule has 4 heteroatoms. The topological polar surface area (TPSA) is 69.9 Å². The van der Waals surface area contributed by atoms with E-state index in [2.05, 4.69) is 4.99 Å². The molecule has 0 aliphatic heterocycles. The van der Waals surface area contributed by atoms with Crippen LogP contribution in [-0.2, 0) is 4.79 Å². The predicted octanol–water partition coefficient (Wildman–Crippen LogP) is 0.746. The summed E-state index contributed by atoms with van der Waals surface area (Å²) in [6, 6.07) is 0.282. The van der Waals surface area contributed by atoms with Gasteiger partial charge in [0.2, 0.25) is 0 Å². The third kappa shape index (κ3) is 2.41. The van der Waals surface area contributed by atoms with Gasteiger partial charge in [0.1, 0.15) is 5.57 Å². The van der Waals surface area contributed by atoms with Crippen molar-refractivity contribution in [2.45, 2.75) is 18.9 Å². The standard InChI is InChI=1S/C7H9NO3/c9-4-5(7(10)11)3-8-6-1-2-6/h3-4,6,9H,1-2H2,(H,10,11). The molecule has 0 unspecified atom stereocenters. The third-order valence-electron chi connectivity index (χ3n) is 1.36. The van der Waals surface area contributed by atoms with E-state index < -0.39 is 5.97 Å². The Bertz CT molecular complexity index is 216. The van der Waals surface area contributed by atoms with E-state index in [0.29, 0.717) is 6.26 Å². The van der Waals surface area contributed by atoms with Gasteiger partial charge in [0.15, 0.2) is 0 Å². The van der Waals surface area contributed by atoms with Gasteiger partial charge >= 0.3 is 5.97 Å². The van der Waals surface area contributed by atoms with Gasteiger partial charge in [-0.25, -0.2) is 4.79 Å². The minimum atomic E-state index is -1.16. The molecule has 1 aliphatic carbocycles. The lowest BCUT2D eigenvalue weighted by Crippen LogP contribution is -2.01. The van der Waals surface area contributed by atoms with E-state index in [1.165, 1.54) is 6.21 Å². The average molecular weight is 155 g/mol. The smallest absolute Gasteiger partial charge is 0.340 e. The number of hydrogen-bond acceptors (Lipinski definition) is 3. The van der Waals surface area contributed by atoms with Crippen LogP contribution in [0.3, 0.4) is 0 Å². The van der Waals surface area contributed by atoms with Crippen molar-refractivity contribution in [3.63, 3.8) is 0 Å². The van der Waals surface area contributed by atoms with Gasteiger partial charge in [-0.3, -0.25) is 4.99 Å². The molecule has 1 aliphatic rings. The molecular weight excluding hydrogens is 146 g/mol. The molecule has 0 spiro atoms. The Labute approximate surface area is 63.9 Å². The van der Waals surface area contributed by atoms with Gasteiger partial charge in [0, 0.05) is 6.21 Å². The van der Waals surface area contributed by atoms with Crippen molar-refractivity contribution < 1.29 is 15.0 Å². The van der Waals surface area contributed by atoms with Crippen molar-refractivity contribution in [1.82, 2.24) is 0 Å². The molecule has 1 rings (SSSR count).